The van der Waals surface area contributed by atoms with E-state index in [9.17, 15) is 48.6 Å². The molecule has 404 valence electrons. The van der Waals surface area contributed by atoms with E-state index < -0.39 is 103 Å². The number of benzene rings is 3. The van der Waals surface area contributed by atoms with Crippen LogP contribution < -0.4 is 16.4 Å². The molecule has 4 amide bonds. The number of aliphatic hydroxyl groups is 1. The first-order valence-corrected chi connectivity index (χ1v) is 26.6. The highest BCUT2D eigenvalue weighted by Crippen LogP contribution is 2.66. The number of nitrogens with two attached hydrogens (primary N) is 1. The fourth-order valence-corrected chi connectivity index (χ4v) is 11.2. The van der Waals surface area contributed by atoms with Gasteiger partial charge in [0.2, 0.25) is 23.6 Å². The van der Waals surface area contributed by atoms with Crippen molar-refractivity contribution in [1.82, 2.24) is 15.5 Å². The Balaban J connectivity index is 1.01. The Morgan fingerprint density at radius 3 is 2.00 bits per heavy atom. The van der Waals surface area contributed by atoms with E-state index in [4.69, 9.17) is 15.0 Å². The monoisotopic (exact) mass is 1030 g/mol. The van der Waals surface area contributed by atoms with Gasteiger partial charge in [-0.25, -0.2) is 0 Å². The fraction of sp³-hybridized carbons (Fsp3) is 0.552. The molecule has 0 radical (unpaired) electrons. The molecule has 2 bridgehead atoms. The third kappa shape index (κ3) is 14.3. The summed E-state index contributed by atoms with van der Waals surface area (Å²) in [5.41, 5.74) is 9.35. The van der Waals surface area contributed by atoms with Crippen molar-refractivity contribution in [2.75, 3.05) is 13.7 Å². The standard InChI is InChI=1S/C58H77BN4O12/c1-9-10-11-37-12-16-39(17-13-37)40-18-20-41(21-19-40)48(67)29-42(33-64)56(73)61-36(4)47(66)24-25-54(71)63(8)46(28-38-14-22-44(65)23-15-38)50(69)26-34(2)55(72)62-45(32-53(60)70)49(68)27-35(3)59-74-52-31-43-30-51(57(43,5)6)58(52,7)75-59/h12-23,34-36,42-43,45-46,51-52,64-65H,9-11,24-33H2,1-8H3,(H2,60,70)(H,61,73)(H,62,72)/t34-,35-,36-,42-,43+,45+,46+,51+,52?,58+/m1/s1. The number of nitrogens with zero attached hydrogens (tertiary/aromatic N) is 1. The number of likely N-dealkylation sites (N-methyl/N-ethyl adjacent to an activating group) is 1. The van der Waals surface area contributed by atoms with Gasteiger partial charge in [-0.2, -0.15) is 0 Å². The van der Waals surface area contributed by atoms with E-state index in [1.54, 1.807) is 24.3 Å². The van der Waals surface area contributed by atoms with Crippen LogP contribution in [-0.2, 0) is 55.7 Å². The third-order valence-corrected chi connectivity index (χ3v) is 16.4. The number of aromatic hydroxyl groups is 1. The van der Waals surface area contributed by atoms with Gasteiger partial charge in [-0.15, -0.1) is 0 Å². The number of primary amides is 1. The fourth-order valence-electron chi connectivity index (χ4n) is 11.2. The summed E-state index contributed by atoms with van der Waals surface area (Å²) >= 11 is 0. The van der Waals surface area contributed by atoms with E-state index in [-0.39, 0.29) is 61.6 Å². The van der Waals surface area contributed by atoms with Crippen LogP contribution in [0.3, 0.4) is 0 Å². The molecule has 0 aromatic heterocycles. The molecule has 1 aliphatic heterocycles. The molecule has 16 nitrogen and oxygen atoms in total. The highest BCUT2D eigenvalue weighted by molar-refractivity contribution is 6.47. The Morgan fingerprint density at radius 1 is 0.773 bits per heavy atom. The van der Waals surface area contributed by atoms with Crippen molar-refractivity contribution in [3.05, 3.63) is 89.5 Å². The zero-order valence-corrected chi connectivity index (χ0v) is 44.9. The Labute approximate surface area is 441 Å². The van der Waals surface area contributed by atoms with E-state index in [0.29, 0.717) is 23.0 Å². The summed E-state index contributed by atoms with van der Waals surface area (Å²) in [6, 6.07) is 17.9. The highest BCUT2D eigenvalue weighted by Gasteiger charge is 2.68. The van der Waals surface area contributed by atoms with Crippen LogP contribution in [0.2, 0.25) is 5.82 Å². The number of phenols is 1. The molecular weight excluding hydrogens is 955 g/mol. The van der Waals surface area contributed by atoms with Crippen LogP contribution in [0.5, 0.6) is 5.75 Å². The average Bonchev–Trinajstić information content (AvgIpc) is 3.75. The number of hydrogen-bond acceptors (Lipinski definition) is 12. The van der Waals surface area contributed by atoms with E-state index in [0.717, 1.165) is 43.2 Å². The van der Waals surface area contributed by atoms with Crippen LogP contribution in [-0.4, -0.2) is 112 Å². The maximum absolute atomic E-state index is 14.2. The van der Waals surface area contributed by atoms with Crippen LogP contribution in [0, 0.1) is 29.1 Å². The minimum atomic E-state index is -1.27. The van der Waals surface area contributed by atoms with Gasteiger partial charge < -0.3 is 40.8 Å². The molecule has 3 saturated carbocycles. The molecule has 1 saturated heterocycles. The molecule has 7 rings (SSSR count). The number of aliphatic hydroxyl groups excluding tert-OH is 1. The quantitative estimate of drug-likeness (QED) is 0.0384. The van der Waals surface area contributed by atoms with E-state index >= 15 is 0 Å². The van der Waals surface area contributed by atoms with E-state index in [2.05, 4.69) is 50.5 Å². The number of ketones is 4. The molecule has 1 unspecified atom stereocenters. The molecule has 4 fully saturated rings. The second-order valence-electron chi connectivity index (χ2n) is 22.3. The van der Waals surface area contributed by atoms with Gasteiger partial charge >= 0.3 is 7.12 Å². The molecule has 3 aromatic carbocycles. The largest absolute Gasteiger partial charge is 0.508 e. The Kier molecular flexibility index (Phi) is 19.6. The maximum Gasteiger partial charge on any atom is 0.461 e. The zero-order valence-electron chi connectivity index (χ0n) is 44.9. The molecule has 3 aliphatic carbocycles. The third-order valence-electron chi connectivity index (χ3n) is 16.4. The number of Topliss-reactive ketones (excluding diaryl/α,β-unsaturated/α-hetero) is 4. The lowest BCUT2D eigenvalue weighted by molar-refractivity contribution is -0.199. The normalized spacial score (nSPS) is 21.7. The van der Waals surface area contributed by atoms with Gasteiger partial charge in [-0.05, 0) is 103 Å². The van der Waals surface area contributed by atoms with Gasteiger partial charge in [-0.3, -0.25) is 38.4 Å². The first-order chi connectivity index (χ1) is 35.4. The molecule has 1 heterocycles. The summed E-state index contributed by atoms with van der Waals surface area (Å²) in [6.45, 7) is 12.9. The van der Waals surface area contributed by atoms with Crippen LogP contribution in [0.25, 0.3) is 11.1 Å². The molecule has 3 aromatic rings. The van der Waals surface area contributed by atoms with Gasteiger partial charge in [0.05, 0.1) is 48.8 Å². The molecule has 17 heteroatoms. The minimum absolute atomic E-state index is 0.000715. The second kappa shape index (κ2) is 25.2. The van der Waals surface area contributed by atoms with Crippen molar-refractivity contribution in [3.63, 3.8) is 0 Å². The number of hydrogen-bond donors (Lipinski definition) is 5. The maximum atomic E-state index is 14.2. The summed E-state index contributed by atoms with van der Waals surface area (Å²) < 4.78 is 12.9. The number of carbonyl (C=O) groups is 8. The average molecular weight is 1030 g/mol. The molecule has 0 spiro atoms. The molecule has 10 atom stereocenters. The topological polar surface area (TPSA) is 249 Å². The number of carbonyl (C=O) groups excluding carboxylic acids is 8. The highest BCUT2D eigenvalue weighted by atomic mass is 16.7. The van der Waals surface area contributed by atoms with Crippen molar-refractivity contribution in [2.24, 2.45) is 34.8 Å². The predicted octanol–water partition coefficient (Wildman–Crippen LogP) is 6.54. The summed E-state index contributed by atoms with van der Waals surface area (Å²) in [7, 11) is 0.758. The number of unbranched alkanes of at least 4 members (excludes halogenated alkanes) is 1. The zero-order chi connectivity index (χ0) is 54.9. The lowest BCUT2D eigenvalue weighted by atomic mass is 9.43. The van der Waals surface area contributed by atoms with Gasteiger partial charge in [-0.1, -0.05) is 102 Å². The van der Waals surface area contributed by atoms with Gasteiger partial charge in [0.25, 0.3) is 0 Å². The predicted molar refractivity (Wildman–Crippen MR) is 284 cm³/mol. The van der Waals surface area contributed by atoms with Crippen LogP contribution >= 0.6 is 0 Å². The molecule has 75 heavy (non-hydrogen) atoms. The smallest absolute Gasteiger partial charge is 0.461 e. The molecule has 4 aliphatic rings. The summed E-state index contributed by atoms with van der Waals surface area (Å²) in [6.07, 6.45) is 3.25. The van der Waals surface area contributed by atoms with Crippen LogP contribution in [0.1, 0.15) is 134 Å². The Hall–Kier alpha value is -6.04. The van der Waals surface area contributed by atoms with Crippen LogP contribution in [0.15, 0.2) is 72.8 Å². The Morgan fingerprint density at radius 2 is 1.40 bits per heavy atom. The number of nitrogens with one attached hydrogen (secondary N) is 2. The number of amides is 4. The minimum Gasteiger partial charge on any atom is -0.508 e. The second-order valence-corrected chi connectivity index (χ2v) is 22.3. The van der Waals surface area contributed by atoms with Gasteiger partial charge in [0, 0.05) is 50.6 Å². The number of phenolic OH excluding ortho intramolecular Hbond substituents is 1. The van der Waals surface area contributed by atoms with Crippen molar-refractivity contribution in [3.8, 4) is 16.9 Å². The first kappa shape index (κ1) is 58.2. The van der Waals surface area contributed by atoms with Crippen molar-refractivity contribution in [2.45, 2.75) is 161 Å². The summed E-state index contributed by atoms with van der Waals surface area (Å²) in [5, 5.41) is 25.2. The van der Waals surface area contributed by atoms with Gasteiger partial charge in [0.1, 0.15) is 5.75 Å². The number of rotatable bonds is 28. The Bertz CT molecular complexity index is 2550. The first-order valence-electron chi connectivity index (χ1n) is 26.6. The van der Waals surface area contributed by atoms with Crippen molar-refractivity contribution in [1.29, 1.82) is 0 Å². The SMILES string of the molecule is CCCCc1ccc(-c2ccc(C(=O)C[C@H](CO)C(=O)N[C@H](C)C(=O)CCC(=O)N(C)[C@@H](Cc3ccc(O)cc3)C(=O)C[C@@H](C)C(=O)N[C@@H](CC(N)=O)C(=O)C[C@@H](C)B3OC4C[C@@H]5C[C@@H](C5(C)C)[C@]4(C)O3)cc2)cc1. The van der Waals surface area contributed by atoms with Crippen molar-refractivity contribution < 1.29 is 57.9 Å². The van der Waals surface area contributed by atoms with Gasteiger partial charge in [0.15, 0.2) is 23.1 Å². The molecule has 6 N–H and O–H groups in total. The van der Waals surface area contributed by atoms with E-state index in [1.807, 2.05) is 31.2 Å². The lowest BCUT2D eigenvalue weighted by Crippen LogP contribution is -2.65. The van der Waals surface area contributed by atoms with Crippen LogP contribution in [0.4, 0.5) is 0 Å². The summed E-state index contributed by atoms with van der Waals surface area (Å²) in [5.74, 6) is -6.26. The molecular formula is C58H77BN4O12. The summed E-state index contributed by atoms with van der Waals surface area (Å²) in [4.78, 5) is 109. The van der Waals surface area contributed by atoms with E-state index in [1.165, 1.54) is 43.5 Å². The van der Waals surface area contributed by atoms with Crippen molar-refractivity contribution >= 4 is 53.9 Å². The lowest BCUT2D eigenvalue weighted by Gasteiger charge is -2.64. The number of aryl methyl sites for hydroxylation is 1.